The molecule has 2 aromatic rings. The molecule has 2 N–H and O–H groups in total. The minimum Gasteiger partial charge on any atom is -0.478 e. The molecule has 20 heavy (non-hydrogen) atoms. The number of carbonyl (C=O) groups is 1. The average Bonchev–Trinajstić information content (AvgIpc) is 2.37. The predicted molar refractivity (Wildman–Crippen MR) is 67.6 cm³/mol. The number of carboxylic acid groups (broad SMARTS) is 1. The lowest BCUT2D eigenvalue weighted by Gasteiger charge is -2.06. The molecule has 0 atom stereocenters. The summed E-state index contributed by atoms with van der Waals surface area (Å²) in [5.41, 5.74) is -2.04. The number of aromatic amines is 1. The lowest BCUT2D eigenvalue weighted by atomic mass is 10.2. The summed E-state index contributed by atoms with van der Waals surface area (Å²) in [5.74, 6) is -2.00. The summed E-state index contributed by atoms with van der Waals surface area (Å²) in [5, 5.41) is 11.0. The lowest BCUT2D eigenvalue weighted by molar-refractivity contribution is 0.0696. The van der Waals surface area contributed by atoms with Gasteiger partial charge in [-0.2, -0.15) is 4.98 Å². The molecular formula is C11H8FN3O4S. The fourth-order valence-electron chi connectivity index (χ4n) is 1.37. The summed E-state index contributed by atoms with van der Waals surface area (Å²) in [7, 11) is 1.44. The van der Waals surface area contributed by atoms with Gasteiger partial charge >= 0.3 is 17.1 Å². The van der Waals surface area contributed by atoms with Gasteiger partial charge in [0.2, 0.25) is 0 Å². The number of nitrogens with one attached hydrogen (secondary N) is 1. The molecule has 0 aliphatic rings. The highest BCUT2D eigenvalue weighted by Crippen LogP contribution is 2.27. The molecule has 0 aliphatic carbocycles. The minimum absolute atomic E-state index is 0.0802. The quantitative estimate of drug-likeness (QED) is 0.797. The van der Waals surface area contributed by atoms with Gasteiger partial charge in [0.05, 0.1) is 10.5 Å². The van der Waals surface area contributed by atoms with Gasteiger partial charge in [-0.3, -0.25) is 19.4 Å². The molecule has 0 fully saturated rings. The number of hydrogen-bond acceptors (Lipinski definition) is 5. The maximum atomic E-state index is 13.7. The normalized spacial score (nSPS) is 10.5. The number of benzene rings is 1. The zero-order valence-electron chi connectivity index (χ0n) is 10.1. The fraction of sp³-hybridized carbons (Fsp3) is 0.0909. The predicted octanol–water partition coefficient (Wildman–Crippen LogP) is 0.457. The van der Waals surface area contributed by atoms with Gasteiger partial charge in [0.25, 0.3) is 0 Å². The number of H-pyrrole nitrogens is 1. The summed E-state index contributed by atoms with van der Waals surface area (Å²) < 4.78 is 14.9. The summed E-state index contributed by atoms with van der Waals surface area (Å²) in [6.07, 6.45) is 0. The van der Waals surface area contributed by atoms with Crippen LogP contribution in [-0.2, 0) is 7.05 Å². The first-order valence-corrected chi connectivity index (χ1v) is 6.08. The number of aromatic carboxylic acids is 1. The smallest absolute Gasteiger partial charge is 0.339 e. The Bertz CT molecular complexity index is 799. The molecule has 7 nitrogen and oxygen atoms in total. The third-order valence-electron chi connectivity index (χ3n) is 2.33. The van der Waals surface area contributed by atoms with Crippen LogP contribution >= 0.6 is 11.8 Å². The molecule has 0 saturated carbocycles. The van der Waals surface area contributed by atoms with Crippen molar-refractivity contribution in [3.05, 3.63) is 50.3 Å². The highest BCUT2D eigenvalue weighted by atomic mass is 32.2. The van der Waals surface area contributed by atoms with Crippen molar-refractivity contribution in [3.63, 3.8) is 0 Å². The number of hydrogen-bond donors (Lipinski definition) is 2. The third kappa shape index (κ3) is 2.77. The second-order valence-electron chi connectivity index (χ2n) is 3.75. The van der Waals surface area contributed by atoms with Crippen LogP contribution in [0.2, 0.25) is 0 Å². The molecule has 1 heterocycles. The van der Waals surface area contributed by atoms with Crippen LogP contribution in [0.1, 0.15) is 10.4 Å². The lowest BCUT2D eigenvalue weighted by Crippen LogP contribution is -2.33. The number of rotatable bonds is 3. The second-order valence-corrected chi connectivity index (χ2v) is 4.76. The van der Waals surface area contributed by atoms with E-state index in [0.29, 0.717) is 0 Å². The van der Waals surface area contributed by atoms with Crippen LogP contribution in [0.25, 0.3) is 0 Å². The number of aryl methyl sites for hydroxylation is 1. The van der Waals surface area contributed by atoms with Gasteiger partial charge in [-0.15, -0.1) is 0 Å². The molecule has 2 rings (SSSR count). The maximum Gasteiger partial charge on any atom is 0.339 e. The van der Waals surface area contributed by atoms with E-state index < -0.39 is 22.9 Å². The summed E-state index contributed by atoms with van der Waals surface area (Å²) in [6.45, 7) is 0. The number of halogens is 1. The molecule has 0 saturated heterocycles. The van der Waals surface area contributed by atoms with Crippen molar-refractivity contribution in [1.29, 1.82) is 0 Å². The van der Waals surface area contributed by atoms with Crippen LogP contribution in [0.4, 0.5) is 4.39 Å². The number of aromatic nitrogens is 3. The van der Waals surface area contributed by atoms with E-state index in [1.165, 1.54) is 23.9 Å². The molecule has 0 amide bonds. The SMILES string of the molecule is Cn1[nH]c(=O)c(=O)nc1Sc1ccc(C(=O)O)cc1F. The highest BCUT2D eigenvalue weighted by molar-refractivity contribution is 7.99. The fourth-order valence-corrected chi connectivity index (χ4v) is 2.17. The van der Waals surface area contributed by atoms with E-state index in [-0.39, 0.29) is 15.6 Å². The van der Waals surface area contributed by atoms with Gasteiger partial charge in [0.15, 0.2) is 5.16 Å². The van der Waals surface area contributed by atoms with Gasteiger partial charge in [-0.05, 0) is 30.0 Å². The van der Waals surface area contributed by atoms with Crippen molar-refractivity contribution in [2.24, 2.45) is 7.05 Å². The second kappa shape index (κ2) is 5.29. The van der Waals surface area contributed by atoms with Gasteiger partial charge in [-0.1, -0.05) is 0 Å². The molecule has 1 aromatic carbocycles. The molecule has 1 aromatic heterocycles. The van der Waals surface area contributed by atoms with Gasteiger partial charge in [-0.25, -0.2) is 9.18 Å². The molecule has 0 aliphatic heterocycles. The van der Waals surface area contributed by atoms with Crippen molar-refractivity contribution in [2.75, 3.05) is 0 Å². The van der Waals surface area contributed by atoms with E-state index >= 15 is 0 Å². The monoisotopic (exact) mass is 297 g/mol. The standard InChI is InChI=1S/C11H8FN3O4S/c1-15-11(13-8(16)9(17)14-15)20-7-3-2-5(10(18)19)4-6(7)12/h2-4H,1H3,(H,14,17)(H,18,19). The van der Waals surface area contributed by atoms with Crippen molar-refractivity contribution < 1.29 is 14.3 Å². The first-order valence-electron chi connectivity index (χ1n) is 5.26. The Kier molecular flexibility index (Phi) is 3.70. The van der Waals surface area contributed by atoms with E-state index in [0.717, 1.165) is 17.8 Å². The Morgan fingerprint density at radius 2 is 2.15 bits per heavy atom. The Labute approximate surface area is 115 Å². The highest BCUT2D eigenvalue weighted by Gasteiger charge is 2.12. The Balaban J connectivity index is 2.40. The van der Waals surface area contributed by atoms with E-state index in [9.17, 15) is 18.8 Å². The minimum atomic E-state index is -1.24. The van der Waals surface area contributed by atoms with Crippen LogP contribution in [0.15, 0.2) is 37.8 Å². The topological polar surface area (TPSA) is 105 Å². The van der Waals surface area contributed by atoms with Crippen LogP contribution in [0.3, 0.4) is 0 Å². The number of nitrogens with zero attached hydrogens (tertiary/aromatic N) is 2. The Morgan fingerprint density at radius 1 is 1.45 bits per heavy atom. The van der Waals surface area contributed by atoms with Crippen LogP contribution < -0.4 is 11.1 Å². The Morgan fingerprint density at radius 3 is 2.75 bits per heavy atom. The third-order valence-corrected chi connectivity index (χ3v) is 3.43. The zero-order valence-corrected chi connectivity index (χ0v) is 10.9. The van der Waals surface area contributed by atoms with Gasteiger partial charge < -0.3 is 5.11 Å². The van der Waals surface area contributed by atoms with Crippen LogP contribution in [0.5, 0.6) is 0 Å². The van der Waals surface area contributed by atoms with E-state index in [1.54, 1.807) is 0 Å². The van der Waals surface area contributed by atoms with Gasteiger partial charge in [0.1, 0.15) is 5.82 Å². The molecule has 0 unspecified atom stereocenters. The van der Waals surface area contributed by atoms with E-state index in [1.807, 2.05) is 0 Å². The Hall–Kier alpha value is -2.42. The summed E-state index contributed by atoms with van der Waals surface area (Å²) >= 11 is 0.798. The summed E-state index contributed by atoms with van der Waals surface area (Å²) in [4.78, 5) is 36.5. The molecule has 104 valence electrons. The average molecular weight is 297 g/mol. The van der Waals surface area contributed by atoms with Crippen molar-refractivity contribution in [3.8, 4) is 0 Å². The van der Waals surface area contributed by atoms with E-state index in [4.69, 9.17) is 5.11 Å². The molecule has 0 spiro atoms. The largest absolute Gasteiger partial charge is 0.478 e. The zero-order chi connectivity index (χ0) is 14.9. The van der Waals surface area contributed by atoms with Gasteiger partial charge in [0, 0.05) is 7.05 Å². The first kappa shape index (κ1) is 14.0. The van der Waals surface area contributed by atoms with Crippen molar-refractivity contribution in [2.45, 2.75) is 10.1 Å². The van der Waals surface area contributed by atoms with Crippen LogP contribution in [-0.4, -0.2) is 25.8 Å². The van der Waals surface area contributed by atoms with E-state index in [2.05, 4.69) is 10.1 Å². The molecule has 9 heteroatoms. The summed E-state index contributed by atoms with van der Waals surface area (Å²) in [6, 6.07) is 3.37. The van der Waals surface area contributed by atoms with Crippen molar-refractivity contribution >= 4 is 17.7 Å². The van der Waals surface area contributed by atoms with Crippen LogP contribution in [0, 0.1) is 5.82 Å². The number of carboxylic acids is 1. The van der Waals surface area contributed by atoms with Crippen molar-refractivity contribution in [1.82, 2.24) is 14.8 Å². The first-order chi connectivity index (χ1) is 9.38. The molecule has 0 radical (unpaired) electrons. The molecular weight excluding hydrogens is 289 g/mol. The maximum absolute atomic E-state index is 13.7. The molecule has 0 bridgehead atoms.